The first kappa shape index (κ1) is 17.5. The van der Waals surface area contributed by atoms with E-state index in [9.17, 15) is 9.59 Å². The van der Waals surface area contributed by atoms with Gasteiger partial charge in [0.15, 0.2) is 5.76 Å². The highest BCUT2D eigenvalue weighted by Crippen LogP contribution is 2.18. The molecule has 7 heteroatoms. The van der Waals surface area contributed by atoms with Gasteiger partial charge < -0.3 is 19.2 Å². The molecule has 0 aliphatic rings. The van der Waals surface area contributed by atoms with E-state index in [4.69, 9.17) is 8.94 Å². The molecule has 0 bridgehead atoms. The number of nitrogens with one attached hydrogen (secondary N) is 1. The average molecular weight is 353 g/mol. The molecular formula is C19H19N3O4. The SMILES string of the molecule is Cc1noc(C)c1CN(C)C(=O)c1cccc(NC(=O)c2ccco2)c1. The first-order valence-electron chi connectivity index (χ1n) is 8.08. The van der Waals surface area contributed by atoms with Gasteiger partial charge in [-0.1, -0.05) is 11.2 Å². The fraction of sp³-hybridized carbons (Fsp3) is 0.211. The zero-order valence-corrected chi connectivity index (χ0v) is 14.8. The maximum atomic E-state index is 12.7. The minimum Gasteiger partial charge on any atom is -0.459 e. The molecule has 1 aromatic carbocycles. The number of anilines is 1. The third-order valence-electron chi connectivity index (χ3n) is 4.04. The van der Waals surface area contributed by atoms with Crippen molar-refractivity contribution < 1.29 is 18.5 Å². The van der Waals surface area contributed by atoms with Crippen LogP contribution in [0.15, 0.2) is 51.6 Å². The minimum absolute atomic E-state index is 0.168. The number of nitrogens with zero attached hydrogens (tertiary/aromatic N) is 2. The fourth-order valence-corrected chi connectivity index (χ4v) is 2.59. The maximum Gasteiger partial charge on any atom is 0.291 e. The first-order chi connectivity index (χ1) is 12.5. The lowest BCUT2D eigenvalue weighted by Gasteiger charge is -2.17. The lowest BCUT2D eigenvalue weighted by molar-refractivity contribution is 0.0784. The Morgan fingerprint density at radius 3 is 2.65 bits per heavy atom. The van der Waals surface area contributed by atoms with Crippen LogP contribution in [0.3, 0.4) is 0 Å². The van der Waals surface area contributed by atoms with Crippen LogP contribution in [-0.4, -0.2) is 28.9 Å². The molecule has 0 fully saturated rings. The highest BCUT2D eigenvalue weighted by molar-refractivity contribution is 6.03. The molecule has 0 aliphatic heterocycles. The second-order valence-corrected chi connectivity index (χ2v) is 5.98. The van der Waals surface area contributed by atoms with E-state index in [1.165, 1.54) is 6.26 Å². The summed E-state index contributed by atoms with van der Waals surface area (Å²) in [7, 11) is 1.71. The number of hydrogen-bond acceptors (Lipinski definition) is 5. The fourth-order valence-electron chi connectivity index (χ4n) is 2.59. The number of aryl methyl sites for hydroxylation is 2. The second-order valence-electron chi connectivity index (χ2n) is 5.98. The third kappa shape index (κ3) is 3.66. The Bertz CT molecular complexity index is 909. The molecule has 2 heterocycles. The summed E-state index contributed by atoms with van der Waals surface area (Å²) in [6.45, 7) is 4.05. The zero-order chi connectivity index (χ0) is 18.7. The largest absolute Gasteiger partial charge is 0.459 e. The van der Waals surface area contributed by atoms with Crippen LogP contribution in [0.5, 0.6) is 0 Å². The molecule has 0 unspecified atom stereocenters. The van der Waals surface area contributed by atoms with Crippen molar-refractivity contribution in [2.24, 2.45) is 0 Å². The highest BCUT2D eigenvalue weighted by atomic mass is 16.5. The second kappa shape index (κ2) is 7.26. The first-order valence-corrected chi connectivity index (χ1v) is 8.08. The molecule has 2 aromatic heterocycles. The van der Waals surface area contributed by atoms with Gasteiger partial charge in [-0.05, 0) is 44.2 Å². The van der Waals surface area contributed by atoms with Crippen molar-refractivity contribution in [3.8, 4) is 0 Å². The molecule has 0 aliphatic carbocycles. The summed E-state index contributed by atoms with van der Waals surface area (Å²) in [6.07, 6.45) is 1.43. The zero-order valence-electron chi connectivity index (χ0n) is 14.8. The Kier molecular flexibility index (Phi) is 4.88. The summed E-state index contributed by atoms with van der Waals surface area (Å²) >= 11 is 0. The Balaban J connectivity index is 1.72. The van der Waals surface area contributed by atoms with Gasteiger partial charge in [0.05, 0.1) is 18.5 Å². The van der Waals surface area contributed by atoms with Crippen LogP contribution in [0, 0.1) is 13.8 Å². The number of rotatable bonds is 5. The van der Waals surface area contributed by atoms with E-state index in [1.807, 2.05) is 13.8 Å². The van der Waals surface area contributed by atoms with Crippen LogP contribution in [0.25, 0.3) is 0 Å². The van der Waals surface area contributed by atoms with Gasteiger partial charge in [0, 0.05) is 23.9 Å². The molecule has 134 valence electrons. The lowest BCUT2D eigenvalue weighted by atomic mass is 10.1. The van der Waals surface area contributed by atoms with E-state index in [0.717, 1.165) is 11.3 Å². The number of carbonyl (C=O) groups is 2. The van der Waals surface area contributed by atoms with E-state index in [1.54, 1.807) is 48.3 Å². The number of aromatic nitrogens is 1. The monoisotopic (exact) mass is 353 g/mol. The maximum absolute atomic E-state index is 12.7. The van der Waals surface area contributed by atoms with E-state index in [2.05, 4.69) is 10.5 Å². The van der Waals surface area contributed by atoms with E-state index in [-0.39, 0.29) is 17.6 Å². The normalized spacial score (nSPS) is 10.6. The molecular weight excluding hydrogens is 334 g/mol. The Hall–Kier alpha value is -3.35. The van der Waals surface area contributed by atoms with Gasteiger partial charge in [0.25, 0.3) is 11.8 Å². The molecule has 0 saturated carbocycles. The van der Waals surface area contributed by atoms with Gasteiger partial charge in [-0.15, -0.1) is 0 Å². The average Bonchev–Trinajstić information content (AvgIpc) is 3.27. The summed E-state index contributed by atoms with van der Waals surface area (Å²) < 4.78 is 10.2. The molecule has 2 amide bonds. The molecule has 1 N–H and O–H groups in total. The van der Waals surface area contributed by atoms with Gasteiger partial charge in [-0.25, -0.2) is 0 Å². The van der Waals surface area contributed by atoms with Gasteiger partial charge in [-0.2, -0.15) is 0 Å². The van der Waals surface area contributed by atoms with Crippen molar-refractivity contribution in [1.29, 1.82) is 0 Å². The van der Waals surface area contributed by atoms with Gasteiger partial charge in [0.1, 0.15) is 5.76 Å². The molecule has 26 heavy (non-hydrogen) atoms. The van der Waals surface area contributed by atoms with Crippen molar-refractivity contribution >= 4 is 17.5 Å². The lowest BCUT2D eigenvalue weighted by Crippen LogP contribution is -2.26. The smallest absolute Gasteiger partial charge is 0.291 e. The van der Waals surface area contributed by atoms with E-state index in [0.29, 0.717) is 23.6 Å². The molecule has 0 spiro atoms. The van der Waals surface area contributed by atoms with Crippen molar-refractivity contribution in [2.45, 2.75) is 20.4 Å². The summed E-state index contributed by atoms with van der Waals surface area (Å²) in [6, 6.07) is 9.97. The highest BCUT2D eigenvalue weighted by Gasteiger charge is 2.17. The Morgan fingerprint density at radius 1 is 1.19 bits per heavy atom. The van der Waals surface area contributed by atoms with Gasteiger partial charge in [-0.3, -0.25) is 9.59 Å². The predicted octanol–water partition coefficient (Wildman–Crippen LogP) is 3.41. The molecule has 3 rings (SSSR count). The predicted molar refractivity (Wildman–Crippen MR) is 94.9 cm³/mol. The van der Waals surface area contributed by atoms with E-state index < -0.39 is 0 Å². The number of amides is 2. The van der Waals surface area contributed by atoms with Crippen LogP contribution < -0.4 is 5.32 Å². The Labute approximate surface area is 150 Å². The number of benzene rings is 1. The topological polar surface area (TPSA) is 88.6 Å². The molecule has 0 radical (unpaired) electrons. The van der Waals surface area contributed by atoms with Crippen LogP contribution >= 0.6 is 0 Å². The molecule has 0 saturated heterocycles. The van der Waals surface area contributed by atoms with Gasteiger partial charge >= 0.3 is 0 Å². The standard InChI is InChI=1S/C19H19N3O4/c1-12-16(13(2)26-21-12)11-22(3)19(24)14-6-4-7-15(10-14)20-18(23)17-8-5-9-25-17/h4-10H,11H2,1-3H3,(H,20,23). The van der Waals surface area contributed by atoms with Crippen molar-refractivity contribution in [2.75, 3.05) is 12.4 Å². The summed E-state index contributed by atoms with van der Waals surface area (Å²) in [5.41, 5.74) is 2.64. The summed E-state index contributed by atoms with van der Waals surface area (Å²) in [5.74, 6) is 0.363. The number of furan rings is 1. The molecule has 3 aromatic rings. The third-order valence-corrected chi connectivity index (χ3v) is 4.04. The van der Waals surface area contributed by atoms with Crippen LogP contribution in [0.1, 0.15) is 37.9 Å². The van der Waals surface area contributed by atoms with Crippen molar-refractivity contribution in [1.82, 2.24) is 10.1 Å². The van der Waals surface area contributed by atoms with Crippen LogP contribution in [0.2, 0.25) is 0 Å². The van der Waals surface area contributed by atoms with Crippen LogP contribution in [0.4, 0.5) is 5.69 Å². The summed E-state index contributed by atoms with van der Waals surface area (Å²) in [5, 5.41) is 6.62. The van der Waals surface area contributed by atoms with Crippen molar-refractivity contribution in [3.05, 3.63) is 71.0 Å². The van der Waals surface area contributed by atoms with Crippen molar-refractivity contribution in [3.63, 3.8) is 0 Å². The Morgan fingerprint density at radius 2 is 2.00 bits per heavy atom. The molecule has 7 nitrogen and oxygen atoms in total. The quantitative estimate of drug-likeness (QED) is 0.759. The van der Waals surface area contributed by atoms with Gasteiger partial charge in [0.2, 0.25) is 0 Å². The minimum atomic E-state index is -0.372. The van der Waals surface area contributed by atoms with Crippen LogP contribution in [-0.2, 0) is 6.54 Å². The summed E-state index contributed by atoms with van der Waals surface area (Å²) in [4.78, 5) is 26.3. The van der Waals surface area contributed by atoms with E-state index >= 15 is 0 Å². The number of carbonyl (C=O) groups excluding carboxylic acids is 2. The molecule has 0 atom stereocenters. The number of hydrogen-bond donors (Lipinski definition) is 1.